The molecule has 0 atom stereocenters. The van der Waals surface area contributed by atoms with E-state index >= 15 is 0 Å². The molecule has 0 bridgehead atoms. The normalized spacial score (nSPS) is 15.5. The zero-order valence-corrected chi connectivity index (χ0v) is 11.8. The quantitative estimate of drug-likeness (QED) is 0.478. The Kier molecular flexibility index (Phi) is 4.52. The van der Waals surface area contributed by atoms with Gasteiger partial charge < -0.3 is 9.64 Å². The van der Waals surface area contributed by atoms with Crippen molar-refractivity contribution in [3.63, 3.8) is 0 Å². The van der Waals surface area contributed by atoms with Crippen LogP contribution in [-0.4, -0.2) is 36.5 Å². The standard InChI is InChI=1S/C12H14BrN3O3/c13-10-5-8(12(18)15-14)1-2-9(10)6-16-3-4-19-7-11(16)17/h1-2,5H,3-4,6-7,14H2,(H,15,18). The summed E-state index contributed by atoms with van der Waals surface area (Å²) < 4.78 is 5.85. The minimum atomic E-state index is -0.352. The smallest absolute Gasteiger partial charge is 0.265 e. The van der Waals surface area contributed by atoms with E-state index < -0.39 is 0 Å². The molecule has 0 spiro atoms. The Balaban J connectivity index is 2.12. The molecule has 0 radical (unpaired) electrons. The summed E-state index contributed by atoms with van der Waals surface area (Å²) in [5.41, 5.74) is 3.47. The lowest BCUT2D eigenvalue weighted by Gasteiger charge is -2.27. The minimum Gasteiger partial charge on any atom is -0.370 e. The van der Waals surface area contributed by atoms with E-state index in [1.165, 1.54) is 0 Å². The number of morpholine rings is 1. The zero-order chi connectivity index (χ0) is 13.8. The predicted molar refractivity (Wildman–Crippen MR) is 72.0 cm³/mol. The summed E-state index contributed by atoms with van der Waals surface area (Å²) in [5.74, 6) is 4.70. The minimum absolute atomic E-state index is 0.0260. The number of hydrazine groups is 1. The fourth-order valence-electron chi connectivity index (χ4n) is 1.82. The third kappa shape index (κ3) is 3.31. The number of hydrogen-bond acceptors (Lipinski definition) is 4. The Morgan fingerprint density at radius 2 is 2.32 bits per heavy atom. The number of rotatable bonds is 3. The molecule has 1 aliphatic heterocycles. The fraction of sp³-hybridized carbons (Fsp3) is 0.333. The first kappa shape index (κ1) is 14.0. The van der Waals surface area contributed by atoms with Gasteiger partial charge in [0.05, 0.1) is 6.61 Å². The predicted octanol–water partition coefficient (Wildman–Crippen LogP) is 0.411. The van der Waals surface area contributed by atoms with Crippen LogP contribution >= 0.6 is 15.9 Å². The number of amides is 2. The number of halogens is 1. The van der Waals surface area contributed by atoms with Crippen LogP contribution in [0.4, 0.5) is 0 Å². The highest BCUT2D eigenvalue weighted by molar-refractivity contribution is 9.10. The monoisotopic (exact) mass is 327 g/mol. The molecule has 1 heterocycles. The van der Waals surface area contributed by atoms with Gasteiger partial charge in [0, 0.05) is 23.1 Å². The van der Waals surface area contributed by atoms with Gasteiger partial charge in [-0.15, -0.1) is 0 Å². The molecule has 19 heavy (non-hydrogen) atoms. The summed E-state index contributed by atoms with van der Waals surface area (Å²) in [6.07, 6.45) is 0. The van der Waals surface area contributed by atoms with Crippen LogP contribution in [0.3, 0.4) is 0 Å². The molecule has 1 saturated heterocycles. The van der Waals surface area contributed by atoms with E-state index in [2.05, 4.69) is 21.4 Å². The number of nitrogen functional groups attached to an aromatic ring is 1. The molecule has 0 unspecified atom stereocenters. The number of carbonyl (C=O) groups is 2. The number of nitrogens with zero attached hydrogens (tertiary/aromatic N) is 1. The largest absolute Gasteiger partial charge is 0.370 e. The van der Waals surface area contributed by atoms with E-state index in [0.29, 0.717) is 25.3 Å². The number of nitrogens with one attached hydrogen (secondary N) is 1. The lowest BCUT2D eigenvalue weighted by molar-refractivity contribution is -0.143. The average Bonchev–Trinajstić information content (AvgIpc) is 2.42. The van der Waals surface area contributed by atoms with Crippen molar-refractivity contribution in [3.8, 4) is 0 Å². The van der Waals surface area contributed by atoms with Crippen molar-refractivity contribution in [2.24, 2.45) is 5.84 Å². The first-order valence-corrected chi connectivity index (χ1v) is 6.56. The van der Waals surface area contributed by atoms with Crippen LogP contribution in [0.2, 0.25) is 0 Å². The summed E-state index contributed by atoms with van der Waals surface area (Å²) in [6.45, 7) is 1.76. The summed E-state index contributed by atoms with van der Waals surface area (Å²) in [5, 5.41) is 0. The van der Waals surface area contributed by atoms with Gasteiger partial charge in [-0.05, 0) is 17.7 Å². The molecule has 1 aromatic rings. The molecular weight excluding hydrogens is 314 g/mol. The van der Waals surface area contributed by atoms with E-state index in [4.69, 9.17) is 10.6 Å². The maximum absolute atomic E-state index is 11.6. The molecular formula is C12H14BrN3O3. The highest BCUT2D eigenvalue weighted by atomic mass is 79.9. The van der Waals surface area contributed by atoms with Gasteiger partial charge in [0.25, 0.3) is 5.91 Å². The van der Waals surface area contributed by atoms with Gasteiger partial charge in [-0.25, -0.2) is 5.84 Å². The molecule has 2 rings (SSSR count). The summed E-state index contributed by atoms with van der Waals surface area (Å²) in [6, 6.07) is 5.16. The second-order valence-electron chi connectivity index (χ2n) is 4.15. The van der Waals surface area contributed by atoms with Crippen LogP contribution in [-0.2, 0) is 16.1 Å². The highest BCUT2D eigenvalue weighted by Gasteiger charge is 2.19. The third-order valence-electron chi connectivity index (χ3n) is 2.89. The van der Waals surface area contributed by atoms with Crippen molar-refractivity contribution in [1.82, 2.24) is 10.3 Å². The second-order valence-corrected chi connectivity index (χ2v) is 5.00. The molecule has 1 aliphatic rings. The van der Waals surface area contributed by atoms with Gasteiger partial charge in [0.15, 0.2) is 0 Å². The second kappa shape index (κ2) is 6.14. The molecule has 1 aromatic carbocycles. The molecule has 3 N–H and O–H groups in total. The summed E-state index contributed by atoms with van der Waals surface area (Å²) in [4.78, 5) is 24.7. The van der Waals surface area contributed by atoms with E-state index in [0.717, 1.165) is 10.0 Å². The number of carbonyl (C=O) groups excluding carboxylic acids is 2. The van der Waals surface area contributed by atoms with Gasteiger partial charge in [-0.3, -0.25) is 15.0 Å². The number of ether oxygens (including phenoxy) is 1. The van der Waals surface area contributed by atoms with Crippen LogP contribution in [0, 0.1) is 0 Å². The number of hydrogen-bond donors (Lipinski definition) is 2. The SMILES string of the molecule is NNC(=O)c1ccc(CN2CCOCC2=O)c(Br)c1. The van der Waals surface area contributed by atoms with Crippen LogP contribution in [0.1, 0.15) is 15.9 Å². The van der Waals surface area contributed by atoms with Crippen molar-refractivity contribution < 1.29 is 14.3 Å². The van der Waals surface area contributed by atoms with Crippen molar-refractivity contribution in [2.75, 3.05) is 19.8 Å². The molecule has 0 aliphatic carbocycles. The van der Waals surface area contributed by atoms with Gasteiger partial charge in [0.2, 0.25) is 5.91 Å². The highest BCUT2D eigenvalue weighted by Crippen LogP contribution is 2.21. The number of benzene rings is 1. The Hall–Kier alpha value is -1.44. The summed E-state index contributed by atoms with van der Waals surface area (Å²) in [7, 11) is 0. The lowest BCUT2D eigenvalue weighted by atomic mass is 10.1. The number of nitrogens with two attached hydrogens (primary N) is 1. The van der Waals surface area contributed by atoms with Crippen molar-refractivity contribution in [3.05, 3.63) is 33.8 Å². The van der Waals surface area contributed by atoms with E-state index in [-0.39, 0.29) is 18.4 Å². The Morgan fingerprint density at radius 3 is 2.95 bits per heavy atom. The Morgan fingerprint density at radius 1 is 1.53 bits per heavy atom. The zero-order valence-electron chi connectivity index (χ0n) is 10.2. The maximum Gasteiger partial charge on any atom is 0.265 e. The molecule has 2 amide bonds. The average molecular weight is 328 g/mol. The molecule has 7 heteroatoms. The van der Waals surface area contributed by atoms with Crippen molar-refractivity contribution in [1.29, 1.82) is 0 Å². The molecule has 102 valence electrons. The van der Waals surface area contributed by atoms with Gasteiger partial charge >= 0.3 is 0 Å². The first-order valence-electron chi connectivity index (χ1n) is 5.76. The van der Waals surface area contributed by atoms with Crippen LogP contribution < -0.4 is 11.3 Å². The Labute approximate surface area is 119 Å². The van der Waals surface area contributed by atoms with Crippen LogP contribution in [0.25, 0.3) is 0 Å². The van der Waals surface area contributed by atoms with Gasteiger partial charge in [0.1, 0.15) is 6.61 Å². The van der Waals surface area contributed by atoms with Gasteiger partial charge in [-0.1, -0.05) is 22.0 Å². The van der Waals surface area contributed by atoms with Crippen molar-refractivity contribution >= 4 is 27.7 Å². The maximum atomic E-state index is 11.6. The van der Waals surface area contributed by atoms with Crippen LogP contribution in [0.15, 0.2) is 22.7 Å². The topological polar surface area (TPSA) is 84.7 Å². The van der Waals surface area contributed by atoms with Crippen LogP contribution in [0.5, 0.6) is 0 Å². The van der Waals surface area contributed by atoms with E-state index in [1.807, 2.05) is 0 Å². The molecule has 0 saturated carbocycles. The molecule has 0 aromatic heterocycles. The third-order valence-corrected chi connectivity index (χ3v) is 3.63. The first-order chi connectivity index (χ1) is 9.11. The molecule has 6 nitrogen and oxygen atoms in total. The van der Waals surface area contributed by atoms with E-state index in [9.17, 15) is 9.59 Å². The fourth-order valence-corrected chi connectivity index (χ4v) is 2.33. The van der Waals surface area contributed by atoms with Gasteiger partial charge in [-0.2, -0.15) is 0 Å². The summed E-state index contributed by atoms with van der Waals surface area (Å²) >= 11 is 3.40. The lowest BCUT2D eigenvalue weighted by Crippen LogP contribution is -2.41. The van der Waals surface area contributed by atoms with E-state index in [1.54, 1.807) is 23.1 Å². The Bertz CT molecular complexity index is 507. The van der Waals surface area contributed by atoms with Crippen molar-refractivity contribution in [2.45, 2.75) is 6.54 Å². The molecule has 1 fully saturated rings.